The van der Waals surface area contributed by atoms with Crippen molar-refractivity contribution < 1.29 is 9.90 Å². The first-order chi connectivity index (χ1) is 5.79. The van der Waals surface area contributed by atoms with Crippen LogP contribution in [0.25, 0.3) is 0 Å². The maximum absolute atomic E-state index is 11.3. The number of piperidine rings is 1. The van der Waals surface area contributed by atoms with E-state index in [0.717, 1.165) is 25.8 Å². The van der Waals surface area contributed by atoms with Gasteiger partial charge < -0.3 is 10.0 Å². The molecule has 1 heterocycles. The number of carbonyl (C=O) groups is 1. The zero-order valence-corrected chi connectivity index (χ0v) is 8.14. The van der Waals surface area contributed by atoms with Crippen molar-refractivity contribution in [2.75, 3.05) is 19.4 Å². The third-order valence-corrected chi connectivity index (χ3v) is 2.83. The zero-order chi connectivity index (χ0) is 8.97. The van der Waals surface area contributed by atoms with Gasteiger partial charge in [0.25, 0.3) is 5.24 Å². The predicted molar refractivity (Wildman–Crippen MR) is 50.3 cm³/mol. The van der Waals surface area contributed by atoms with E-state index in [4.69, 9.17) is 5.11 Å². The lowest BCUT2D eigenvalue weighted by molar-refractivity contribution is 0.122. The van der Waals surface area contributed by atoms with Crippen LogP contribution in [0.2, 0.25) is 0 Å². The molecule has 1 aliphatic heterocycles. The van der Waals surface area contributed by atoms with Gasteiger partial charge in [0.05, 0.1) is 12.6 Å². The van der Waals surface area contributed by atoms with Gasteiger partial charge in [0.15, 0.2) is 0 Å². The molecule has 12 heavy (non-hydrogen) atoms. The van der Waals surface area contributed by atoms with Crippen molar-refractivity contribution in [1.82, 2.24) is 4.90 Å². The zero-order valence-electron chi connectivity index (χ0n) is 7.32. The first-order valence-electron chi connectivity index (χ1n) is 4.25. The molecule has 1 unspecified atom stereocenters. The molecule has 1 atom stereocenters. The number of aliphatic hydroxyl groups is 1. The summed E-state index contributed by atoms with van der Waals surface area (Å²) in [5.74, 6) is 0. The minimum atomic E-state index is 0.0682. The van der Waals surface area contributed by atoms with Gasteiger partial charge in [-0.15, -0.1) is 0 Å². The quantitative estimate of drug-likeness (QED) is 0.676. The van der Waals surface area contributed by atoms with Gasteiger partial charge in [-0.3, -0.25) is 4.79 Å². The third kappa shape index (κ3) is 2.14. The van der Waals surface area contributed by atoms with Crippen LogP contribution in [0.15, 0.2) is 0 Å². The number of likely N-dealkylation sites (tertiary alicyclic amines) is 1. The minimum Gasteiger partial charge on any atom is -0.394 e. The second-order valence-corrected chi connectivity index (χ2v) is 3.75. The molecule has 0 radical (unpaired) electrons. The summed E-state index contributed by atoms with van der Waals surface area (Å²) in [6, 6.07) is 0.0682. The minimum absolute atomic E-state index is 0.0682. The number of hydrogen-bond donors (Lipinski definition) is 1. The van der Waals surface area contributed by atoms with Crippen molar-refractivity contribution in [2.24, 2.45) is 0 Å². The van der Waals surface area contributed by atoms with E-state index in [1.165, 1.54) is 11.8 Å². The molecule has 1 rings (SSSR count). The molecule has 1 amide bonds. The van der Waals surface area contributed by atoms with Crippen LogP contribution in [-0.2, 0) is 0 Å². The van der Waals surface area contributed by atoms with E-state index in [-0.39, 0.29) is 17.9 Å². The number of aliphatic hydroxyl groups excluding tert-OH is 1. The molecule has 0 aromatic heterocycles. The highest BCUT2D eigenvalue weighted by Crippen LogP contribution is 2.19. The van der Waals surface area contributed by atoms with Gasteiger partial charge in [-0.2, -0.15) is 0 Å². The molecule has 0 saturated carbocycles. The Morgan fingerprint density at radius 3 is 3.00 bits per heavy atom. The summed E-state index contributed by atoms with van der Waals surface area (Å²) in [6.07, 6.45) is 4.93. The Labute approximate surface area is 77.1 Å². The van der Waals surface area contributed by atoms with Crippen LogP contribution in [0.4, 0.5) is 4.79 Å². The standard InChI is InChI=1S/C8H15NO2S/c1-12-8(11)9-5-3-2-4-7(9)6-10/h7,10H,2-6H2,1H3. The summed E-state index contributed by atoms with van der Waals surface area (Å²) in [5, 5.41) is 9.09. The summed E-state index contributed by atoms with van der Waals surface area (Å²) < 4.78 is 0. The molecular formula is C8H15NO2S. The Morgan fingerprint density at radius 2 is 2.42 bits per heavy atom. The van der Waals surface area contributed by atoms with E-state index < -0.39 is 0 Å². The number of hydrogen-bond acceptors (Lipinski definition) is 3. The smallest absolute Gasteiger partial charge is 0.281 e. The number of rotatable bonds is 1. The van der Waals surface area contributed by atoms with E-state index >= 15 is 0 Å². The van der Waals surface area contributed by atoms with Gasteiger partial charge in [-0.25, -0.2) is 0 Å². The first-order valence-corrected chi connectivity index (χ1v) is 5.47. The fourth-order valence-corrected chi connectivity index (χ4v) is 2.02. The van der Waals surface area contributed by atoms with Crippen LogP contribution in [0.3, 0.4) is 0 Å². The van der Waals surface area contributed by atoms with Gasteiger partial charge in [-0.05, 0) is 25.5 Å². The predicted octanol–water partition coefficient (Wildman–Crippen LogP) is 1.32. The van der Waals surface area contributed by atoms with Crippen molar-refractivity contribution in [3.63, 3.8) is 0 Å². The molecule has 0 bridgehead atoms. The summed E-state index contributed by atoms with van der Waals surface area (Å²) in [7, 11) is 0. The van der Waals surface area contributed by atoms with Crippen LogP contribution < -0.4 is 0 Å². The second kappa shape index (κ2) is 4.72. The topological polar surface area (TPSA) is 40.5 Å². The maximum Gasteiger partial charge on any atom is 0.281 e. The van der Waals surface area contributed by atoms with Crippen molar-refractivity contribution in [1.29, 1.82) is 0 Å². The Kier molecular flexibility index (Phi) is 3.88. The molecule has 0 spiro atoms. The van der Waals surface area contributed by atoms with Crippen LogP contribution >= 0.6 is 11.8 Å². The Balaban J connectivity index is 2.52. The van der Waals surface area contributed by atoms with E-state index in [9.17, 15) is 4.79 Å². The molecule has 1 saturated heterocycles. The monoisotopic (exact) mass is 189 g/mol. The molecule has 4 heteroatoms. The lowest BCUT2D eigenvalue weighted by Gasteiger charge is -2.33. The van der Waals surface area contributed by atoms with Crippen molar-refractivity contribution >= 4 is 17.0 Å². The highest BCUT2D eigenvalue weighted by molar-refractivity contribution is 8.12. The largest absolute Gasteiger partial charge is 0.394 e. The Hall–Kier alpha value is -0.220. The van der Waals surface area contributed by atoms with Gasteiger partial charge in [0, 0.05) is 6.54 Å². The fourth-order valence-electron chi connectivity index (χ4n) is 1.55. The van der Waals surface area contributed by atoms with Crippen LogP contribution in [-0.4, -0.2) is 40.7 Å². The average Bonchev–Trinajstić information content (AvgIpc) is 2.16. The molecule has 1 aliphatic rings. The van der Waals surface area contributed by atoms with E-state index in [2.05, 4.69) is 0 Å². The molecule has 0 aromatic carbocycles. The number of nitrogens with zero attached hydrogens (tertiary/aromatic N) is 1. The van der Waals surface area contributed by atoms with Crippen molar-refractivity contribution in [3.8, 4) is 0 Å². The van der Waals surface area contributed by atoms with E-state index in [0.29, 0.717) is 0 Å². The Morgan fingerprint density at radius 1 is 1.67 bits per heavy atom. The molecule has 70 valence electrons. The Bertz CT molecular complexity index is 163. The molecule has 1 N–H and O–H groups in total. The average molecular weight is 189 g/mol. The van der Waals surface area contributed by atoms with Gasteiger partial charge in [-0.1, -0.05) is 11.8 Å². The van der Waals surface area contributed by atoms with E-state index in [1.807, 2.05) is 0 Å². The van der Waals surface area contributed by atoms with Gasteiger partial charge in [0.2, 0.25) is 0 Å². The summed E-state index contributed by atoms with van der Waals surface area (Å²) in [4.78, 5) is 13.1. The SMILES string of the molecule is CSC(=O)N1CCCCC1CO. The third-order valence-electron chi connectivity index (χ3n) is 2.25. The van der Waals surface area contributed by atoms with Gasteiger partial charge >= 0.3 is 0 Å². The highest BCUT2D eigenvalue weighted by atomic mass is 32.2. The first kappa shape index (κ1) is 9.86. The summed E-state index contributed by atoms with van der Waals surface area (Å²) in [6.45, 7) is 0.914. The summed E-state index contributed by atoms with van der Waals surface area (Å²) in [5.41, 5.74) is 0. The normalized spacial score (nSPS) is 24.2. The fraction of sp³-hybridized carbons (Fsp3) is 0.875. The lowest BCUT2D eigenvalue weighted by Crippen LogP contribution is -2.43. The number of thioether (sulfide) groups is 1. The molecule has 1 fully saturated rings. The highest BCUT2D eigenvalue weighted by Gasteiger charge is 2.24. The van der Waals surface area contributed by atoms with E-state index in [1.54, 1.807) is 11.2 Å². The van der Waals surface area contributed by atoms with Crippen LogP contribution in [0.1, 0.15) is 19.3 Å². The number of carbonyl (C=O) groups excluding carboxylic acids is 1. The molecule has 0 aliphatic carbocycles. The molecule has 0 aromatic rings. The second-order valence-electron chi connectivity index (χ2n) is 3.00. The van der Waals surface area contributed by atoms with Crippen LogP contribution in [0, 0.1) is 0 Å². The van der Waals surface area contributed by atoms with Crippen molar-refractivity contribution in [3.05, 3.63) is 0 Å². The lowest BCUT2D eigenvalue weighted by atomic mass is 10.0. The number of amides is 1. The maximum atomic E-state index is 11.3. The molecule has 3 nitrogen and oxygen atoms in total. The van der Waals surface area contributed by atoms with Gasteiger partial charge in [0.1, 0.15) is 0 Å². The molecular weight excluding hydrogens is 174 g/mol. The van der Waals surface area contributed by atoms with Crippen LogP contribution in [0.5, 0.6) is 0 Å². The van der Waals surface area contributed by atoms with Crippen molar-refractivity contribution in [2.45, 2.75) is 25.3 Å². The summed E-state index contributed by atoms with van der Waals surface area (Å²) >= 11 is 1.23.